The first-order valence-electron chi connectivity index (χ1n) is 6.74. The molecule has 0 radical (unpaired) electrons. The Balaban J connectivity index is 2.50. The monoisotopic (exact) mass is 264 g/mol. The molecule has 1 atom stereocenters. The van der Waals surface area contributed by atoms with Gasteiger partial charge < -0.3 is 15.8 Å². The average molecular weight is 264 g/mol. The lowest BCUT2D eigenvalue weighted by atomic mass is 10.0. The van der Waals surface area contributed by atoms with Crippen LogP contribution in [-0.4, -0.2) is 25.2 Å². The standard InChI is InChI=1S/C15H24N2O2/c1-4-19-10-14(11(2)3)17-15(18)9-12-5-7-13(16)8-6-12/h5-8,11,14H,4,9-10,16H2,1-3H3,(H,17,18). The SMILES string of the molecule is CCOCC(NC(=O)Cc1ccc(N)cc1)C(C)C. The maximum atomic E-state index is 12.0. The molecule has 1 unspecified atom stereocenters. The van der Waals surface area contributed by atoms with Crippen LogP contribution in [-0.2, 0) is 16.0 Å². The van der Waals surface area contributed by atoms with Crippen molar-refractivity contribution >= 4 is 11.6 Å². The third-order valence-corrected chi connectivity index (χ3v) is 3.00. The smallest absolute Gasteiger partial charge is 0.224 e. The van der Waals surface area contributed by atoms with Gasteiger partial charge in [0.25, 0.3) is 0 Å². The lowest BCUT2D eigenvalue weighted by Crippen LogP contribution is -2.42. The van der Waals surface area contributed by atoms with Crippen molar-refractivity contribution in [3.05, 3.63) is 29.8 Å². The van der Waals surface area contributed by atoms with Crippen molar-refractivity contribution in [1.29, 1.82) is 0 Å². The molecule has 0 fully saturated rings. The molecule has 1 rings (SSSR count). The van der Waals surface area contributed by atoms with Crippen molar-refractivity contribution in [1.82, 2.24) is 5.32 Å². The fourth-order valence-electron chi connectivity index (χ4n) is 1.72. The number of hydrogen-bond acceptors (Lipinski definition) is 3. The van der Waals surface area contributed by atoms with E-state index in [-0.39, 0.29) is 11.9 Å². The molecule has 0 heterocycles. The van der Waals surface area contributed by atoms with Gasteiger partial charge in [-0.3, -0.25) is 4.79 Å². The molecule has 106 valence electrons. The molecule has 0 aliphatic rings. The predicted molar refractivity (Wildman–Crippen MR) is 77.8 cm³/mol. The van der Waals surface area contributed by atoms with Crippen LogP contribution in [0.25, 0.3) is 0 Å². The maximum Gasteiger partial charge on any atom is 0.224 e. The molecule has 4 nitrogen and oxygen atoms in total. The molecular weight excluding hydrogens is 240 g/mol. The Hall–Kier alpha value is -1.55. The molecule has 4 heteroatoms. The van der Waals surface area contributed by atoms with Crippen molar-refractivity contribution in [2.24, 2.45) is 5.92 Å². The van der Waals surface area contributed by atoms with Crippen LogP contribution >= 0.6 is 0 Å². The van der Waals surface area contributed by atoms with E-state index < -0.39 is 0 Å². The van der Waals surface area contributed by atoms with Crippen LogP contribution in [0.15, 0.2) is 24.3 Å². The first-order chi connectivity index (χ1) is 9.02. The zero-order valence-electron chi connectivity index (χ0n) is 12.0. The van der Waals surface area contributed by atoms with E-state index in [2.05, 4.69) is 19.2 Å². The Kier molecular flexibility index (Phi) is 6.36. The van der Waals surface area contributed by atoms with Crippen LogP contribution in [0, 0.1) is 5.92 Å². The minimum absolute atomic E-state index is 0.0168. The summed E-state index contributed by atoms with van der Waals surface area (Å²) in [6, 6.07) is 7.43. The third kappa shape index (κ3) is 5.75. The van der Waals surface area contributed by atoms with E-state index in [1.54, 1.807) is 0 Å². The highest BCUT2D eigenvalue weighted by molar-refractivity contribution is 5.79. The first-order valence-corrected chi connectivity index (χ1v) is 6.74. The van der Waals surface area contributed by atoms with Gasteiger partial charge in [-0.05, 0) is 30.5 Å². The van der Waals surface area contributed by atoms with E-state index >= 15 is 0 Å². The number of rotatable bonds is 7. The number of benzene rings is 1. The minimum atomic E-state index is 0.0168. The van der Waals surface area contributed by atoms with Crippen molar-refractivity contribution in [3.63, 3.8) is 0 Å². The van der Waals surface area contributed by atoms with E-state index in [9.17, 15) is 4.79 Å². The van der Waals surface area contributed by atoms with Gasteiger partial charge in [0.15, 0.2) is 0 Å². The number of nitrogen functional groups attached to an aromatic ring is 1. The average Bonchev–Trinajstić information content (AvgIpc) is 2.37. The van der Waals surface area contributed by atoms with Crippen LogP contribution in [0.4, 0.5) is 5.69 Å². The lowest BCUT2D eigenvalue weighted by molar-refractivity contribution is -0.122. The normalized spacial score (nSPS) is 12.4. The van der Waals surface area contributed by atoms with Gasteiger partial charge in [-0.15, -0.1) is 0 Å². The molecule has 0 aliphatic heterocycles. The summed E-state index contributed by atoms with van der Waals surface area (Å²) in [5.74, 6) is 0.366. The molecule has 0 aliphatic carbocycles. The third-order valence-electron chi connectivity index (χ3n) is 3.00. The quantitative estimate of drug-likeness (QED) is 0.740. The van der Waals surface area contributed by atoms with Crippen molar-refractivity contribution < 1.29 is 9.53 Å². The summed E-state index contributed by atoms with van der Waals surface area (Å²) in [4.78, 5) is 12.0. The van der Waals surface area contributed by atoms with Crippen LogP contribution in [0.1, 0.15) is 26.3 Å². The molecule has 0 saturated heterocycles. The molecule has 0 aromatic heterocycles. The number of nitrogens with one attached hydrogen (secondary N) is 1. The summed E-state index contributed by atoms with van der Waals surface area (Å²) in [7, 11) is 0. The van der Waals surface area contributed by atoms with Gasteiger partial charge in [-0.1, -0.05) is 26.0 Å². The second kappa shape index (κ2) is 7.79. The topological polar surface area (TPSA) is 64.3 Å². The maximum absolute atomic E-state index is 12.0. The van der Waals surface area contributed by atoms with Gasteiger partial charge >= 0.3 is 0 Å². The molecule has 1 aromatic rings. The molecule has 1 aromatic carbocycles. The van der Waals surface area contributed by atoms with E-state index in [0.717, 1.165) is 5.56 Å². The Labute approximate surface area is 115 Å². The summed E-state index contributed by atoms with van der Waals surface area (Å²) in [5, 5.41) is 3.02. The Morgan fingerprint density at radius 1 is 1.32 bits per heavy atom. The number of amides is 1. The largest absolute Gasteiger partial charge is 0.399 e. The molecule has 0 saturated carbocycles. The zero-order valence-corrected chi connectivity index (χ0v) is 12.0. The van der Waals surface area contributed by atoms with Gasteiger partial charge in [0.2, 0.25) is 5.91 Å². The number of carbonyl (C=O) groups is 1. The summed E-state index contributed by atoms with van der Waals surface area (Å²) in [5.41, 5.74) is 7.29. The summed E-state index contributed by atoms with van der Waals surface area (Å²) in [6.45, 7) is 7.33. The molecule has 0 bridgehead atoms. The highest BCUT2D eigenvalue weighted by atomic mass is 16.5. The Bertz CT molecular complexity index is 388. The van der Waals surface area contributed by atoms with Crippen LogP contribution in [0.3, 0.4) is 0 Å². The van der Waals surface area contributed by atoms with Crippen molar-refractivity contribution in [2.75, 3.05) is 18.9 Å². The zero-order chi connectivity index (χ0) is 14.3. The lowest BCUT2D eigenvalue weighted by Gasteiger charge is -2.22. The number of ether oxygens (including phenoxy) is 1. The molecule has 19 heavy (non-hydrogen) atoms. The second-order valence-corrected chi connectivity index (χ2v) is 5.00. The highest BCUT2D eigenvalue weighted by Crippen LogP contribution is 2.07. The summed E-state index contributed by atoms with van der Waals surface area (Å²) in [6.07, 6.45) is 0.371. The summed E-state index contributed by atoms with van der Waals surface area (Å²) >= 11 is 0. The Morgan fingerprint density at radius 2 is 1.95 bits per heavy atom. The second-order valence-electron chi connectivity index (χ2n) is 5.00. The number of nitrogens with two attached hydrogens (primary N) is 1. The van der Waals surface area contributed by atoms with Gasteiger partial charge in [0.05, 0.1) is 19.1 Å². The fourth-order valence-corrected chi connectivity index (χ4v) is 1.72. The van der Waals surface area contributed by atoms with Gasteiger partial charge in [0, 0.05) is 12.3 Å². The van der Waals surface area contributed by atoms with Crippen molar-refractivity contribution in [2.45, 2.75) is 33.2 Å². The Morgan fingerprint density at radius 3 is 2.47 bits per heavy atom. The first kappa shape index (κ1) is 15.5. The summed E-state index contributed by atoms with van der Waals surface area (Å²) < 4.78 is 5.39. The molecular formula is C15H24N2O2. The van der Waals surface area contributed by atoms with E-state index in [1.807, 2.05) is 31.2 Å². The fraction of sp³-hybridized carbons (Fsp3) is 0.533. The van der Waals surface area contributed by atoms with Crippen LogP contribution < -0.4 is 11.1 Å². The molecule has 0 spiro atoms. The number of hydrogen-bond donors (Lipinski definition) is 2. The van der Waals surface area contributed by atoms with Crippen LogP contribution in [0.2, 0.25) is 0 Å². The van der Waals surface area contributed by atoms with E-state index in [4.69, 9.17) is 10.5 Å². The minimum Gasteiger partial charge on any atom is -0.399 e. The van der Waals surface area contributed by atoms with Gasteiger partial charge in [-0.25, -0.2) is 0 Å². The highest BCUT2D eigenvalue weighted by Gasteiger charge is 2.16. The predicted octanol–water partition coefficient (Wildman–Crippen LogP) is 1.99. The van der Waals surface area contributed by atoms with E-state index in [1.165, 1.54) is 0 Å². The van der Waals surface area contributed by atoms with Crippen molar-refractivity contribution in [3.8, 4) is 0 Å². The van der Waals surface area contributed by atoms with Gasteiger partial charge in [-0.2, -0.15) is 0 Å². The number of anilines is 1. The van der Waals surface area contributed by atoms with E-state index in [0.29, 0.717) is 31.2 Å². The molecule has 1 amide bonds. The van der Waals surface area contributed by atoms with Gasteiger partial charge in [0.1, 0.15) is 0 Å². The number of carbonyl (C=O) groups excluding carboxylic acids is 1. The molecule has 3 N–H and O–H groups in total. The van der Waals surface area contributed by atoms with Crippen LogP contribution in [0.5, 0.6) is 0 Å².